The minimum absolute atomic E-state index is 0.199. The molecule has 0 saturated carbocycles. The Morgan fingerprint density at radius 1 is 1.15 bits per heavy atom. The zero-order valence-electron chi connectivity index (χ0n) is 13.7. The van der Waals surface area contributed by atoms with Crippen LogP contribution >= 0.6 is 11.6 Å². The summed E-state index contributed by atoms with van der Waals surface area (Å²) >= 11 is 6.05. The summed E-state index contributed by atoms with van der Waals surface area (Å²) in [5.41, 5.74) is 1.47. The Kier molecular flexibility index (Phi) is 5.28. The molecule has 3 aromatic rings. The molecule has 1 amide bonds. The Morgan fingerprint density at radius 3 is 2.65 bits per heavy atom. The highest BCUT2D eigenvalue weighted by molar-refractivity contribution is 6.34. The normalized spacial score (nSPS) is 10.4. The summed E-state index contributed by atoms with van der Waals surface area (Å²) in [5.74, 6) is -1.05. The van der Waals surface area contributed by atoms with Crippen molar-refractivity contribution in [1.82, 2.24) is 10.2 Å². The third-order valence-electron chi connectivity index (χ3n) is 3.49. The summed E-state index contributed by atoms with van der Waals surface area (Å²) in [6.07, 6.45) is 0.416. The number of nitrogens with zero attached hydrogens (tertiary/aromatic N) is 2. The largest absolute Gasteiger partial charge is 0.465 e. The van der Waals surface area contributed by atoms with E-state index in [4.69, 9.17) is 16.0 Å². The number of halogens is 1. The number of aromatic nitrogens is 2. The molecule has 1 N–H and O–H groups in total. The van der Waals surface area contributed by atoms with Crippen LogP contribution in [-0.4, -0.2) is 29.2 Å². The van der Waals surface area contributed by atoms with Crippen LogP contribution in [0.5, 0.6) is 0 Å². The third-order valence-corrected chi connectivity index (χ3v) is 3.82. The van der Waals surface area contributed by atoms with Crippen LogP contribution in [0.3, 0.4) is 0 Å². The van der Waals surface area contributed by atoms with Crippen molar-refractivity contribution in [3.05, 3.63) is 76.5 Å². The molecule has 0 aliphatic heterocycles. The summed E-state index contributed by atoms with van der Waals surface area (Å²) < 4.78 is 10.0. The number of amides is 1. The number of methoxy groups -OCH3 is 1. The second-order valence-corrected chi connectivity index (χ2v) is 5.71. The van der Waals surface area contributed by atoms with E-state index in [2.05, 4.69) is 20.3 Å². The van der Waals surface area contributed by atoms with Crippen LogP contribution < -0.4 is 5.32 Å². The second kappa shape index (κ2) is 7.79. The monoisotopic (exact) mass is 371 g/mol. The van der Waals surface area contributed by atoms with Crippen molar-refractivity contribution in [2.45, 2.75) is 6.42 Å². The highest BCUT2D eigenvalue weighted by atomic mass is 35.5. The molecular weight excluding hydrogens is 358 g/mol. The zero-order chi connectivity index (χ0) is 18.5. The van der Waals surface area contributed by atoms with Crippen molar-refractivity contribution in [2.75, 3.05) is 12.4 Å². The number of rotatable bonds is 5. The summed E-state index contributed by atoms with van der Waals surface area (Å²) in [6, 6.07) is 13.9. The van der Waals surface area contributed by atoms with E-state index in [1.165, 1.54) is 25.3 Å². The number of carbonyl (C=O) groups excluding carboxylic acids is 2. The van der Waals surface area contributed by atoms with Gasteiger partial charge < -0.3 is 14.5 Å². The standard InChI is InChI=1S/C18H14ClN3O4/c1-25-18(24)12-7-8-13(19)14(10-12)20-16(23)17-22-21-15(26-17)9-11-5-3-2-4-6-11/h2-8,10H,9H2,1H3,(H,20,23). The van der Waals surface area contributed by atoms with Crippen molar-refractivity contribution < 1.29 is 18.7 Å². The molecule has 8 heteroatoms. The van der Waals surface area contributed by atoms with Crippen molar-refractivity contribution in [1.29, 1.82) is 0 Å². The van der Waals surface area contributed by atoms with E-state index >= 15 is 0 Å². The highest BCUT2D eigenvalue weighted by Crippen LogP contribution is 2.24. The lowest BCUT2D eigenvalue weighted by atomic mass is 10.2. The van der Waals surface area contributed by atoms with Gasteiger partial charge in [-0.1, -0.05) is 41.9 Å². The lowest BCUT2D eigenvalue weighted by Crippen LogP contribution is -2.13. The molecule has 3 rings (SSSR count). The first kappa shape index (κ1) is 17.6. The SMILES string of the molecule is COC(=O)c1ccc(Cl)c(NC(=O)c2nnc(Cc3ccccc3)o2)c1. The third kappa shape index (κ3) is 4.07. The summed E-state index contributed by atoms with van der Waals surface area (Å²) in [5, 5.41) is 10.4. The number of hydrogen-bond acceptors (Lipinski definition) is 6. The van der Waals surface area contributed by atoms with Crippen molar-refractivity contribution in [3.63, 3.8) is 0 Å². The van der Waals surface area contributed by atoms with Gasteiger partial charge in [-0.3, -0.25) is 4.79 Å². The predicted octanol–water partition coefficient (Wildman–Crippen LogP) is 3.35. The molecule has 2 aromatic carbocycles. The van der Waals surface area contributed by atoms with Gasteiger partial charge in [0.1, 0.15) is 0 Å². The van der Waals surface area contributed by atoms with Crippen LogP contribution in [0.25, 0.3) is 0 Å². The number of carbonyl (C=O) groups is 2. The molecule has 132 valence electrons. The summed E-state index contributed by atoms with van der Waals surface area (Å²) in [4.78, 5) is 23.9. The van der Waals surface area contributed by atoms with Crippen LogP contribution in [0.2, 0.25) is 5.02 Å². The number of esters is 1. The quantitative estimate of drug-likeness (QED) is 0.691. The molecule has 1 heterocycles. The van der Waals surface area contributed by atoms with Crippen LogP contribution in [0.4, 0.5) is 5.69 Å². The van der Waals surface area contributed by atoms with Gasteiger partial charge in [0.05, 0.1) is 29.8 Å². The number of ether oxygens (including phenoxy) is 1. The van der Waals surface area contributed by atoms with Gasteiger partial charge in [-0.25, -0.2) is 4.79 Å². The van der Waals surface area contributed by atoms with Gasteiger partial charge in [-0.15, -0.1) is 10.2 Å². The van der Waals surface area contributed by atoms with E-state index in [0.717, 1.165) is 5.56 Å². The Labute approximate surface area is 153 Å². The van der Waals surface area contributed by atoms with Gasteiger partial charge in [0.2, 0.25) is 5.89 Å². The van der Waals surface area contributed by atoms with E-state index in [1.807, 2.05) is 30.3 Å². The summed E-state index contributed by atoms with van der Waals surface area (Å²) in [7, 11) is 1.27. The average Bonchev–Trinajstić information content (AvgIpc) is 3.12. The Bertz CT molecular complexity index is 941. The van der Waals surface area contributed by atoms with Gasteiger partial charge in [-0.05, 0) is 23.8 Å². The first-order valence-electron chi connectivity index (χ1n) is 7.62. The van der Waals surface area contributed by atoms with Gasteiger partial charge >= 0.3 is 17.8 Å². The van der Waals surface area contributed by atoms with Gasteiger partial charge in [0, 0.05) is 0 Å². The highest BCUT2D eigenvalue weighted by Gasteiger charge is 2.17. The van der Waals surface area contributed by atoms with Gasteiger partial charge in [0.25, 0.3) is 0 Å². The van der Waals surface area contributed by atoms with Crippen molar-refractivity contribution in [3.8, 4) is 0 Å². The molecule has 0 aliphatic carbocycles. The fraction of sp³-hybridized carbons (Fsp3) is 0.111. The van der Waals surface area contributed by atoms with Crippen molar-refractivity contribution >= 4 is 29.2 Å². The fourth-order valence-corrected chi connectivity index (χ4v) is 2.39. The minimum atomic E-state index is -0.624. The first-order valence-corrected chi connectivity index (χ1v) is 8.00. The van der Waals surface area contributed by atoms with E-state index in [9.17, 15) is 9.59 Å². The molecule has 26 heavy (non-hydrogen) atoms. The van der Waals surface area contributed by atoms with Gasteiger partial charge in [-0.2, -0.15) is 0 Å². The van der Waals surface area contributed by atoms with E-state index in [-0.39, 0.29) is 22.2 Å². The molecule has 0 radical (unpaired) electrons. The lowest BCUT2D eigenvalue weighted by molar-refractivity contribution is 0.0600. The van der Waals surface area contributed by atoms with Gasteiger partial charge in [0.15, 0.2) is 0 Å². The topological polar surface area (TPSA) is 94.3 Å². The molecule has 0 saturated heterocycles. The molecule has 0 spiro atoms. The molecule has 0 bridgehead atoms. The number of nitrogens with one attached hydrogen (secondary N) is 1. The van der Waals surface area contributed by atoms with Crippen LogP contribution in [-0.2, 0) is 11.2 Å². The maximum Gasteiger partial charge on any atom is 0.337 e. The number of benzene rings is 2. The van der Waals surface area contributed by atoms with Crippen molar-refractivity contribution in [2.24, 2.45) is 0 Å². The molecule has 7 nitrogen and oxygen atoms in total. The van der Waals surface area contributed by atoms with E-state index < -0.39 is 11.9 Å². The minimum Gasteiger partial charge on any atom is -0.465 e. The van der Waals surface area contributed by atoms with Crippen LogP contribution in [0.1, 0.15) is 32.5 Å². The maximum atomic E-state index is 12.3. The number of hydrogen-bond donors (Lipinski definition) is 1. The van der Waals surface area contributed by atoms with E-state index in [1.54, 1.807) is 0 Å². The second-order valence-electron chi connectivity index (χ2n) is 5.30. The first-order chi connectivity index (χ1) is 12.6. The van der Waals surface area contributed by atoms with Crippen LogP contribution in [0.15, 0.2) is 52.9 Å². The van der Waals surface area contributed by atoms with E-state index in [0.29, 0.717) is 12.3 Å². The number of anilines is 1. The predicted molar refractivity (Wildman–Crippen MR) is 94.3 cm³/mol. The Balaban J connectivity index is 1.74. The smallest absolute Gasteiger partial charge is 0.337 e. The molecular formula is C18H14ClN3O4. The average molecular weight is 372 g/mol. The Hall–Kier alpha value is -3.19. The maximum absolute atomic E-state index is 12.3. The molecule has 0 fully saturated rings. The molecule has 1 aromatic heterocycles. The molecule has 0 atom stereocenters. The molecule has 0 unspecified atom stereocenters. The molecule has 0 aliphatic rings. The summed E-state index contributed by atoms with van der Waals surface area (Å²) in [6.45, 7) is 0. The fourth-order valence-electron chi connectivity index (χ4n) is 2.23. The Morgan fingerprint density at radius 2 is 1.92 bits per heavy atom. The van der Waals surface area contributed by atoms with Crippen LogP contribution in [0, 0.1) is 0 Å². The zero-order valence-corrected chi connectivity index (χ0v) is 14.5. The lowest BCUT2D eigenvalue weighted by Gasteiger charge is -2.07.